The molecule has 2 amide bonds. The van der Waals surface area contributed by atoms with Crippen LogP contribution in [0.25, 0.3) is 10.2 Å². The van der Waals surface area contributed by atoms with E-state index >= 15 is 0 Å². The highest BCUT2D eigenvalue weighted by molar-refractivity contribution is 7.22. The summed E-state index contributed by atoms with van der Waals surface area (Å²) in [5.41, 5.74) is -0.560. The fraction of sp³-hybridized carbons (Fsp3) is 0.531. The first-order valence-corrected chi connectivity index (χ1v) is 16.3. The fourth-order valence-electron chi connectivity index (χ4n) is 7.95. The summed E-state index contributed by atoms with van der Waals surface area (Å²) in [5, 5.41) is 6.52. The number of benzene rings is 2. The van der Waals surface area contributed by atoms with Crippen molar-refractivity contribution in [3.05, 3.63) is 47.3 Å². The number of methoxy groups -OCH3 is 1. The van der Waals surface area contributed by atoms with Gasteiger partial charge >= 0.3 is 6.18 Å². The second-order valence-electron chi connectivity index (χ2n) is 12.5. The van der Waals surface area contributed by atoms with Gasteiger partial charge in [-0.2, -0.15) is 13.2 Å². The van der Waals surface area contributed by atoms with E-state index < -0.39 is 35.4 Å². The highest BCUT2D eigenvalue weighted by atomic mass is 32.1. The Morgan fingerprint density at radius 3 is 2.71 bits per heavy atom. The molecule has 2 heterocycles. The van der Waals surface area contributed by atoms with Gasteiger partial charge in [-0.15, -0.1) is 0 Å². The predicted octanol–water partition coefficient (Wildman–Crippen LogP) is 6.39. The van der Waals surface area contributed by atoms with Crippen molar-refractivity contribution in [1.29, 1.82) is 0 Å². The van der Waals surface area contributed by atoms with E-state index in [9.17, 15) is 27.2 Å². The molecule has 3 saturated carbocycles. The van der Waals surface area contributed by atoms with Gasteiger partial charge in [0.1, 0.15) is 17.1 Å². The smallest absolute Gasteiger partial charge is 0.419 e. The monoisotopic (exact) mass is 646 g/mol. The van der Waals surface area contributed by atoms with Gasteiger partial charge in [0.15, 0.2) is 5.13 Å². The van der Waals surface area contributed by atoms with E-state index in [0.717, 1.165) is 62.7 Å². The number of rotatable bonds is 6. The Morgan fingerprint density at radius 1 is 1.09 bits per heavy atom. The summed E-state index contributed by atoms with van der Waals surface area (Å²) in [6, 6.07) is 5.70. The molecule has 2 aromatic carbocycles. The van der Waals surface area contributed by atoms with Crippen molar-refractivity contribution < 1.29 is 36.6 Å². The molecule has 1 aliphatic heterocycles. The van der Waals surface area contributed by atoms with Crippen LogP contribution >= 0.6 is 11.3 Å². The summed E-state index contributed by atoms with van der Waals surface area (Å²) in [6.07, 6.45) is 1.66. The Morgan fingerprint density at radius 2 is 1.91 bits per heavy atom. The van der Waals surface area contributed by atoms with Gasteiger partial charge in [0, 0.05) is 24.9 Å². The molecule has 45 heavy (non-hydrogen) atoms. The normalized spacial score (nSPS) is 27.8. The molecule has 0 spiro atoms. The van der Waals surface area contributed by atoms with Gasteiger partial charge in [-0.3, -0.25) is 9.59 Å². The van der Waals surface area contributed by atoms with Gasteiger partial charge in [-0.1, -0.05) is 11.3 Å². The zero-order valence-corrected chi connectivity index (χ0v) is 25.5. The van der Waals surface area contributed by atoms with Crippen LogP contribution in [0.3, 0.4) is 0 Å². The lowest BCUT2D eigenvalue weighted by molar-refractivity contribution is -0.140. The number of fused-ring (bicyclic) bond motifs is 4. The molecule has 2 bridgehead atoms. The van der Waals surface area contributed by atoms with Crippen molar-refractivity contribution in [2.24, 2.45) is 17.8 Å². The zero-order valence-electron chi connectivity index (χ0n) is 24.7. The molecule has 2 N–H and O–H groups in total. The summed E-state index contributed by atoms with van der Waals surface area (Å²) < 4.78 is 66.1. The van der Waals surface area contributed by atoms with Crippen LogP contribution in [-0.2, 0) is 15.7 Å². The summed E-state index contributed by atoms with van der Waals surface area (Å²) in [6.45, 7) is 1.53. The van der Waals surface area contributed by atoms with Crippen molar-refractivity contribution in [1.82, 2.24) is 10.3 Å². The minimum absolute atomic E-state index is 0.0276. The Kier molecular flexibility index (Phi) is 7.87. The third-order valence-electron chi connectivity index (χ3n) is 9.95. The van der Waals surface area contributed by atoms with Crippen LogP contribution in [0.1, 0.15) is 60.9 Å². The van der Waals surface area contributed by atoms with Crippen molar-refractivity contribution in [2.45, 2.75) is 69.3 Å². The third-order valence-corrected chi connectivity index (χ3v) is 11.1. The summed E-state index contributed by atoms with van der Waals surface area (Å²) >= 11 is 1.45. The van der Waals surface area contributed by atoms with Gasteiger partial charge in [0.2, 0.25) is 5.91 Å². The largest absolute Gasteiger partial charge is 0.496 e. The fourth-order valence-corrected chi connectivity index (χ4v) is 9.13. The molecule has 3 aromatic rings. The predicted molar refractivity (Wildman–Crippen MR) is 161 cm³/mol. The van der Waals surface area contributed by atoms with E-state index in [-0.39, 0.29) is 35.6 Å². The van der Waals surface area contributed by atoms with Crippen LogP contribution in [0.5, 0.6) is 5.75 Å². The lowest BCUT2D eigenvalue weighted by Gasteiger charge is -2.31. The number of ether oxygens (including phenoxy) is 2. The Balaban J connectivity index is 1.16. The Labute approximate surface area is 261 Å². The topological polar surface area (TPSA) is 92.8 Å². The minimum atomic E-state index is -4.90. The summed E-state index contributed by atoms with van der Waals surface area (Å²) in [7, 11) is 1.50. The number of alkyl halides is 3. The van der Waals surface area contributed by atoms with Gasteiger partial charge in [0.05, 0.1) is 41.0 Å². The highest BCUT2D eigenvalue weighted by Gasteiger charge is 2.51. The van der Waals surface area contributed by atoms with Crippen molar-refractivity contribution in [3.8, 4) is 5.75 Å². The number of carbonyl (C=O) groups excluding carboxylic acids is 2. The van der Waals surface area contributed by atoms with E-state index in [0.29, 0.717) is 40.3 Å². The first-order valence-electron chi connectivity index (χ1n) is 15.5. The minimum Gasteiger partial charge on any atom is -0.496 e. The summed E-state index contributed by atoms with van der Waals surface area (Å²) in [5.74, 6) is -2.53. The molecule has 0 radical (unpaired) electrons. The second kappa shape index (κ2) is 11.7. The molecular weight excluding hydrogens is 612 g/mol. The SMILES string of the molecule is COc1ccc2nc(N3CCCO[C@H]4CCC[C@@H]43)sc2c1C(=O)N[C@@H]1[C@H]2CC[C@H](C2)[C@@H]1C(=O)Nc1ccc(F)c(C(F)(F)F)c1. The van der Waals surface area contributed by atoms with Crippen LogP contribution in [-0.4, -0.2) is 55.2 Å². The van der Waals surface area contributed by atoms with Gasteiger partial charge < -0.3 is 25.0 Å². The number of hydrogen-bond donors (Lipinski definition) is 2. The standard InChI is InChI=1S/C32H34F4N4O4S/c1-43-24-11-10-21-28(45-31(38-21)40-12-3-13-44-23-5-2-4-22(23)40)26(24)30(42)39-27-17-7-6-16(14-17)25(27)29(41)37-18-8-9-20(33)19(15-18)32(34,35)36/h8-11,15-17,22-23,25,27H,2-7,12-14H2,1H3,(H,37,41)(H,39,42)/t16-,17+,22+,23+,25+,27-/m1/s1. The van der Waals surface area contributed by atoms with Gasteiger partial charge in [0.25, 0.3) is 5.91 Å². The maximum atomic E-state index is 14.1. The van der Waals surface area contributed by atoms with E-state index in [1.54, 1.807) is 6.07 Å². The molecular formula is C32H34F4N4O4S. The molecule has 4 aliphatic rings. The molecule has 240 valence electrons. The van der Waals surface area contributed by atoms with E-state index in [4.69, 9.17) is 14.5 Å². The lowest BCUT2D eigenvalue weighted by Crippen LogP contribution is -2.48. The number of nitrogens with one attached hydrogen (secondary N) is 2. The molecule has 4 fully saturated rings. The van der Waals surface area contributed by atoms with Gasteiger partial charge in [-0.05, 0) is 87.1 Å². The molecule has 1 aromatic heterocycles. The molecule has 7 rings (SSSR count). The number of amides is 2. The van der Waals surface area contributed by atoms with Crippen LogP contribution in [0, 0.1) is 23.6 Å². The van der Waals surface area contributed by atoms with E-state index in [2.05, 4.69) is 15.5 Å². The number of carbonyl (C=O) groups is 2. The van der Waals surface area contributed by atoms with Crippen LogP contribution < -0.4 is 20.3 Å². The lowest BCUT2D eigenvalue weighted by atomic mass is 9.83. The highest BCUT2D eigenvalue weighted by Crippen LogP contribution is 2.49. The molecule has 8 nitrogen and oxygen atoms in total. The van der Waals surface area contributed by atoms with Gasteiger partial charge in [-0.25, -0.2) is 9.37 Å². The number of halogens is 4. The molecule has 1 saturated heterocycles. The van der Waals surface area contributed by atoms with Crippen LogP contribution in [0.15, 0.2) is 30.3 Å². The first kappa shape index (κ1) is 30.2. The maximum Gasteiger partial charge on any atom is 0.419 e. The quantitative estimate of drug-likeness (QED) is 0.302. The van der Waals surface area contributed by atoms with Crippen molar-refractivity contribution in [2.75, 3.05) is 30.5 Å². The van der Waals surface area contributed by atoms with E-state index in [1.165, 1.54) is 18.4 Å². The molecule has 13 heteroatoms. The number of nitrogens with zero attached hydrogens (tertiary/aromatic N) is 2. The second-order valence-corrected chi connectivity index (χ2v) is 13.5. The van der Waals surface area contributed by atoms with Crippen molar-refractivity contribution in [3.63, 3.8) is 0 Å². The van der Waals surface area contributed by atoms with E-state index in [1.807, 2.05) is 6.07 Å². The average molecular weight is 647 g/mol. The number of thiazole rings is 1. The van der Waals surface area contributed by atoms with Crippen LogP contribution in [0.2, 0.25) is 0 Å². The maximum absolute atomic E-state index is 14.1. The molecule has 6 atom stereocenters. The summed E-state index contributed by atoms with van der Waals surface area (Å²) in [4.78, 5) is 34.8. The molecule has 3 aliphatic carbocycles. The zero-order chi connectivity index (χ0) is 31.5. The average Bonchev–Trinajstić information content (AvgIpc) is 3.80. The Hall–Kier alpha value is -3.45. The van der Waals surface area contributed by atoms with Crippen molar-refractivity contribution >= 4 is 44.2 Å². The first-order chi connectivity index (χ1) is 21.6. The van der Waals surface area contributed by atoms with Crippen LogP contribution in [0.4, 0.5) is 28.4 Å². The third kappa shape index (κ3) is 5.51. The number of aromatic nitrogens is 1. The number of hydrogen-bond acceptors (Lipinski definition) is 7. The Bertz CT molecular complexity index is 1630. The number of anilines is 2. The molecule has 0 unspecified atom stereocenters.